The summed E-state index contributed by atoms with van der Waals surface area (Å²) in [6.07, 6.45) is 2.05. The molecule has 2 aromatic carbocycles. The van der Waals surface area contributed by atoms with E-state index in [1.54, 1.807) is 0 Å². The third-order valence-corrected chi connectivity index (χ3v) is 2.69. The number of aliphatic hydroxyl groups is 1. The van der Waals surface area contributed by atoms with E-state index in [0.29, 0.717) is 6.54 Å². The van der Waals surface area contributed by atoms with Crippen molar-refractivity contribution in [2.75, 3.05) is 13.2 Å². The van der Waals surface area contributed by atoms with Crippen molar-refractivity contribution in [1.82, 2.24) is 5.32 Å². The first-order valence-electron chi connectivity index (χ1n) is 7.23. The van der Waals surface area contributed by atoms with Crippen LogP contribution < -0.4 is 5.32 Å². The molecule has 0 heterocycles. The average molecular weight is 285 g/mol. The van der Waals surface area contributed by atoms with Crippen molar-refractivity contribution < 1.29 is 9.90 Å². The van der Waals surface area contributed by atoms with E-state index >= 15 is 0 Å². The minimum atomic E-state index is 0.0401. The number of carbonyl (C=O) groups excluding carboxylic acids is 1. The first-order chi connectivity index (χ1) is 10.3. The van der Waals surface area contributed by atoms with Crippen LogP contribution in [0.3, 0.4) is 0 Å². The Hall–Kier alpha value is -2.13. The number of benzene rings is 2. The molecule has 0 unspecified atom stereocenters. The van der Waals surface area contributed by atoms with Crippen molar-refractivity contribution in [2.45, 2.75) is 12.8 Å². The highest BCUT2D eigenvalue weighted by Crippen LogP contribution is 2.28. The van der Waals surface area contributed by atoms with Gasteiger partial charge in [-0.15, -0.1) is 0 Å². The van der Waals surface area contributed by atoms with Crippen molar-refractivity contribution in [3.63, 3.8) is 0 Å². The largest absolute Gasteiger partial charge is 0.395 e. The molecule has 0 aromatic heterocycles. The number of hydrogen-bond donors (Lipinski definition) is 2. The van der Waals surface area contributed by atoms with Gasteiger partial charge in [0.1, 0.15) is 0 Å². The third-order valence-electron chi connectivity index (χ3n) is 2.69. The molecule has 3 heteroatoms. The lowest BCUT2D eigenvalue weighted by molar-refractivity contribution is -0.122. The Labute approximate surface area is 126 Å². The standard InChI is InChI=1S/C6H11NO2.2C6H6/c8-4-3-7-6(9)5-1-2-5;2*1-2-4-6-5-3-1/h5,8H,1-4H2,(H,7,9);2*1-6H. The molecule has 0 saturated heterocycles. The topological polar surface area (TPSA) is 49.3 Å². The summed E-state index contributed by atoms with van der Waals surface area (Å²) in [5, 5.41) is 10.9. The smallest absolute Gasteiger partial charge is 0.223 e. The van der Waals surface area contributed by atoms with Gasteiger partial charge in [0.2, 0.25) is 5.91 Å². The lowest BCUT2D eigenvalue weighted by Gasteiger charge is -1.98. The normalized spacial score (nSPS) is 12.0. The van der Waals surface area contributed by atoms with E-state index in [1.165, 1.54) is 0 Å². The van der Waals surface area contributed by atoms with Crippen LogP contribution in [0.5, 0.6) is 0 Å². The minimum absolute atomic E-state index is 0.0401. The number of nitrogens with one attached hydrogen (secondary N) is 1. The fraction of sp³-hybridized carbons (Fsp3) is 0.278. The van der Waals surface area contributed by atoms with Crippen LogP contribution in [0.2, 0.25) is 0 Å². The molecule has 1 saturated carbocycles. The van der Waals surface area contributed by atoms with Crippen LogP contribution in [-0.2, 0) is 4.79 Å². The summed E-state index contributed by atoms with van der Waals surface area (Å²) >= 11 is 0. The van der Waals surface area contributed by atoms with E-state index in [4.69, 9.17) is 5.11 Å². The molecular formula is C18H23NO2. The van der Waals surface area contributed by atoms with Gasteiger partial charge in [0.15, 0.2) is 0 Å². The van der Waals surface area contributed by atoms with Crippen LogP contribution in [0, 0.1) is 5.92 Å². The lowest BCUT2D eigenvalue weighted by Crippen LogP contribution is -2.27. The van der Waals surface area contributed by atoms with Crippen LogP contribution in [0.1, 0.15) is 12.8 Å². The van der Waals surface area contributed by atoms with Crippen molar-refractivity contribution in [3.05, 3.63) is 72.8 Å². The van der Waals surface area contributed by atoms with Crippen molar-refractivity contribution in [2.24, 2.45) is 5.92 Å². The lowest BCUT2D eigenvalue weighted by atomic mass is 10.4. The fourth-order valence-corrected chi connectivity index (χ4v) is 1.44. The number of amides is 1. The predicted octanol–water partition coefficient (Wildman–Crippen LogP) is 2.88. The number of aliphatic hydroxyl groups excluding tert-OH is 1. The van der Waals surface area contributed by atoms with Gasteiger partial charge in [0, 0.05) is 12.5 Å². The molecule has 1 aliphatic carbocycles. The molecule has 1 fully saturated rings. The van der Waals surface area contributed by atoms with Gasteiger partial charge < -0.3 is 10.4 Å². The summed E-state index contributed by atoms with van der Waals surface area (Å²) in [5.74, 6) is 0.362. The Bertz CT molecular complexity index is 370. The van der Waals surface area contributed by atoms with Gasteiger partial charge in [0.05, 0.1) is 6.61 Å². The average Bonchev–Trinajstić information content (AvgIpc) is 3.42. The van der Waals surface area contributed by atoms with E-state index in [1.807, 2.05) is 72.8 Å². The molecule has 3 nitrogen and oxygen atoms in total. The molecule has 1 amide bonds. The summed E-state index contributed by atoms with van der Waals surface area (Å²) in [4.78, 5) is 10.7. The van der Waals surface area contributed by atoms with Gasteiger partial charge in [0.25, 0.3) is 0 Å². The van der Waals surface area contributed by atoms with E-state index in [9.17, 15) is 4.79 Å². The van der Waals surface area contributed by atoms with Crippen LogP contribution in [0.25, 0.3) is 0 Å². The highest BCUT2D eigenvalue weighted by molar-refractivity contribution is 5.80. The highest BCUT2D eigenvalue weighted by Gasteiger charge is 2.28. The Morgan fingerprint density at radius 1 is 0.810 bits per heavy atom. The third kappa shape index (κ3) is 10.3. The van der Waals surface area contributed by atoms with Crippen LogP contribution in [0.15, 0.2) is 72.8 Å². The highest BCUT2D eigenvalue weighted by atomic mass is 16.3. The zero-order valence-electron chi connectivity index (χ0n) is 12.2. The van der Waals surface area contributed by atoms with Crippen LogP contribution in [0.4, 0.5) is 0 Å². The maximum Gasteiger partial charge on any atom is 0.223 e. The van der Waals surface area contributed by atoms with E-state index in [-0.39, 0.29) is 18.4 Å². The summed E-state index contributed by atoms with van der Waals surface area (Å²) in [6, 6.07) is 24.0. The fourth-order valence-electron chi connectivity index (χ4n) is 1.44. The molecular weight excluding hydrogens is 262 g/mol. The Balaban J connectivity index is 0.000000163. The van der Waals surface area contributed by atoms with Gasteiger partial charge in [-0.3, -0.25) is 4.79 Å². The summed E-state index contributed by atoms with van der Waals surface area (Å²) < 4.78 is 0. The van der Waals surface area contributed by atoms with Crippen molar-refractivity contribution in [1.29, 1.82) is 0 Å². The molecule has 2 aromatic rings. The second-order valence-corrected chi connectivity index (χ2v) is 4.60. The van der Waals surface area contributed by atoms with Crippen molar-refractivity contribution >= 4 is 5.91 Å². The van der Waals surface area contributed by atoms with Crippen molar-refractivity contribution in [3.8, 4) is 0 Å². The molecule has 0 spiro atoms. The zero-order chi connectivity index (χ0) is 15.2. The minimum Gasteiger partial charge on any atom is -0.395 e. The monoisotopic (exact) mass is 285 g/mol. The van der Waals surface area contributed by atoms with E-state index in [2.05, 4.69) is 5.32 Å². The summed E-state index contributed by atoms with van der Waals surface area (Å²) in [7, 11) is 0. The van der Waals surface area contributed by atoms with Gasteiger partial charge in [-0.1, -0.05) is 72.8 Å². The summed E-state index contributed by atoms with van der Waals surface area (Å²) in [6.45, 7) is 0.438. The molecule has 1 aliphatic rings. The SMILES string of the molecule is O=C(NCCO)C1CC1.c1ccccc1.c1ccccc1. The summed E-state index contributed by atoms with van der Waals surface area (Å²) in [5.41, 5.74) is 0. The first kappa shape index (κ1) is 16.9. The first-order valence-corrected chi connectivity index (χ1v) is 7.23. The Kier molecular flexibility index (Phi) is 9.41. The molecule has 0 bridgehead atoms. The predicted molar refractivity (Wildman–Crippen MR) is 85.7 cm³/mol. The molecule has 112 valence electrons. The molecule has 21 heavy (non-hydrogen) atoms. The number of rotatable bonds is 3. The molecule has 0 atom stereocenters. The van der Waals surface area contributed by atoms with E-state index in [0.717, 1.165) is 12.8 Å². The zero-order valence-corrected chi connectivity index (χ0v) is 12.2. The van der Waals surface area contributed by atoms with Gasteiger partial charge in [-0.05, 0) is 12.8 Å². The number of hydrogen-bond acceptors (Lipinski definition) is 2. The maximum atomic E-state index is 10.7. The Morgan fingerprint density at radius 2 is 1.14 bits per heavy atom. The second kappa shape index (κ2) is 11.7. The Morgan fingerprint density at radius 3 is 1.38 bits per heavy atom. The molecule has 0 aliphatic heterocycles. The van der Waals surface area contributed by atoms with Gasteiger partial charge >= 0.3 is 0 Å². The maximum absolute atomic E-state index is 10.7. The second-order valence-electron chi connectivity index (χ2n) is 4.60. The van der Waals surface area contributed by atoms with Gasteiger partial charge in [-0.2, -0.15) is 0 Å². The quantitative estimate of drug-likeness (QED) is 0.911. The molecule has 3 rings (SSSR count). The molecule has 2 N–H and O–H groups in total. The van der Waals surface area contributed by atoms with Gasteiger partial charge in [-0.25, -0.2) is 0 Å². The van der Waals surface area contributed by atoms with Crippen LogP contribution >= 0.6 is 0 Å². The number of carbonyl (C=O) groups is 1. The molecule has 0 radical (unpaired) electrons. The van der Waals surface area contributed by atoms with E-state index < -0.39 is 0 Å². The van der Waals surface area contributed by atoms with Crippen LogP contribution in [-0.4, -0.2) is 24.2 Å².